The number of halogens is 4. The summed E-state index contributed by atoms with van der Waals surface area (Å²) in [5, 5.41) is 12.8. The van der Waals surface area contributed by atoms with Gasteiger partial charge in [0, 0.05) is 10.7 Å². The number of methoxy groups -OCH3 is 1. The predicted octanol–water partition coefficient (Wildman–Crippen LogP) is 2.05. The average Bonchev–Trinajstić information content (AvgIpc) is 2.80. The molecule has 2 N–H and O–H groups in total. The SMILES string of the molecule is COC(=O)C(O)(c1c(C)[nH]n(-c2ccc(Cl)cc2)c1=O)C(F)(F)F. The van der Waals surface area contributed by atoms with E-state index in [1.807, 2.05) is 0 Å². The molecule has 6 nitrogen and oxygen atoms in total. The normalized spacial score (nSPS) is 14.3. The van der Waals surface area contributed by atoms with Crippen molar-refractivity contribution >= 4 is 17.6 Å². The van der Waals surface area contributed by atoms with Crippen molar-refractivity contribution in [2.24, 2.45) is 0 Å². The van der Waals surface area contributed by atoms with E-state index in [-0.39, 0.29) is 11.4 Å². The summed E-state index contributed by atoms with van der Waals surface area (Å²) in [5.41, 5.74) is -6.64. The first kappa shape index (κ1) is 18.1. The van der Waals surface area contributed by atoms with Gasteiger partial charge in [0.25, 0.3) is 11.2 Å². The van der Waals surface area contributed by atoms with Gasteiger partial charge in [-0.1, -0.05) is 11.6 Å². The molecule has 0 fully saturated rings. The van der Waals surface area contributed by atoms with Gasteiger partial charge in [-0.05, 0) is 31.2 Å². The molecule has 0 radical (unpaired) electrons. The minimum Gasteiger partial charge on any atom is -0.466 e. The van der Waals surface area contributed by atoms with E-state index < -0.39 is 28.9 Å². The monoisotopic (exact) mass is 364 g/mol. The summed E-state index contributed by atoms with van der Waals surface area (Å²) in [6.07, 6.45) is -5.45. The van der Waals surface area contributed by atoms with E-state index in [9.17, 15) is 27.9 Å². The standard InChI is InChI=1S/C14H12ClF3N2O4/c1-7-10(13(23,12(22)24-2)14(16,17)18)11(21)20(19-7)9-5-3-8(15)4-6-9/h3-6,19,23H,1-2H3. The maximum atomic E-state index is 13.3. The highest BCUT2D eigenvalue weighted by Gasteiger charge is 2.64. The second kappa shape index (κ2) is 5.99. The Labute approximate surface area is 138 Å². The zero-order valence-electron chi connectivity index (χ0n) is 12.4. The van der Waals surface area contributed by atoms with Crippen LogP contribution in [0.1, 0.15) is 11.3 Å². The van der Waals surface area contributed by atoms with Crippen LogP contribution in [0.5, 0.6) is 0 Å². The van der Waals surface area contributed by atoms with Crippen molar-refractivity contribution in [3.05, 3.63) is 50.9 Å². The number of aromatic nitrogens is 2. The molecule has 0 aliphatic heterocycles. The molecule has 1 aromatic carbocycles. The van der Waals surface area contributed by atoms with Gasteiger partial charge in [0.05, 0.1) is 18.4 Å². The molecule has 0 saturated heterocycles. The molecule has 1 unspecified atom stereocenters. The number of carbonyl (C=O) groups is 1. The maximum absolute atomic E-state index is 13.3. The lowest BCUT2D eigenvalue weighted by Gasteiger charge is -2.26. The molecule has 10 heteroatoms. The number of H-pyrrole nitrogens is 1. The zero-order valence-corrected chi connectivity index (χ0v) is 13.2. The van der Waals surface area contributed by atoms with Crippen molar-refractivity contribution in [2.45, 2.75) is 18.7 Å². The van der Waals surface area contributed by atoms with E-state index in [4.69, 9.17) is 11.6 Å². The van der Waals surface area contributed by atoms with Gasteiger partial charge in [-0.15, -0.1) is 0 Å². The largest absolute Gasteiger partial charge is 0.466 e. The van der Waals surface area contributed by atoms with Gasteiger partial charge < -0.3 is 9.84 Å². The van der Waals surface area contributed by atoms with Crippen LogP contribution in [0.4, 0.5) is 13.2 Å². The van der Waals surface area contributed by atoms with Crippen molar-refractivity contribution < 1.29 is 27.8 Å². The Morgan fingerprint density at radius 3 is 2.29 bits per heavy atom. The summed E-state index contributed by atoms with van der Waals surface area (Å²) in [6, 6.07) is 5.62. The summed E-state index contributed by atoms with van der Waals surface area (Å²) >= 11 is 5.72. The Morgan fingerprint density at radius 1 is 1.29 bits per heavy atom. The third-order valence-electron chi connectivity index (χ3n) is 3.41. The topological polar surface area (TPSA) is 84.3 Å². The average molecular weight is 365 g/mol. The first-order valence-electron chi connectivity index (χ1n) is 6.49. The van der Waals surface area contributed by atoms with Gasteiger partial charge in [-0.25, -0.2) is 9.48 Å². The highest BCUT2D eigenvalue weighted by atomic mass is 35.5. The van der Waals surface area contributed by atoms with Crippen LogP contribution in [0, 0.1) is 6.92 Å². The summed E-state index contributed by atoms with van der Waals surface area (Å²) in [6.45, 7) is 1.13. The fourth-order valence-corrected chi connectivity index (χ4v) is 2.38. The summed E-state index contributed by atoms with van der Waals surface area (Å²) < 4.78 is 44.8. The van der Waals surface area contributed by atoms with Crippen molar-refractivity contribution in [2.75, 3.05) is 7.11 Å². The zero-order chi connectivity index (χ0) is 18.3. The predicted molar refractivity (Wildman–Crippen MR) is 78.1 cm³/mol. The second-order valence-electron chi connectivity index (χ2n) is 4.93. The molecule has 0 amide bonds. The van der Waals surface area contributed by atoms with Crippen LogP contribution >= 0.6 is 11.6 Å². The Hall–Kier alpha value is -2.26. The summed E-state index contributed by atoms with van der Waals surface area (Å²) in [7, 11) is 0.679. The highest BCUT2D eigenvalue weighted by Crippen LogP contribution is 2.39. The minimum absolute atomic E-state index is 0.174. The lowest BCUT2D eigenvalue weighted by molar-refractivity contribution is -0.267. The molecular weight excluding hydrogens is 353 g/mol. The molecule has 0 bridgehead atoms. The third kappa shape index (κ3) is 2.69. The fraction of sp³-hybridized carbons (Fsp3) is 0.286. The molecule has 2 aromatic rings. The van der Waals surface area contributed by atoms with Crippen molar-refractivity contribution in [1.82, 2.24) is 9.78 Å². The molecule has 0 aliphatic carbocycles. The lowest BCUT2D eigenvalue weighted by atomic mass is 9.93. The van der Waals surface area contributed by atoms with Crippen LogP contribution in [0.15, 0.2) is 29.1 Å². The molecule has 0 saturated carbocycles. The van der Waals surface area contributed by atoms with E-state index in [0.717, 1.165) is 11.6 Å². The molecule has 1 aromatic heterocycles. The lowest BCUT2D eigenvalue weighted by Crippen LogP contribution is -2.52. The second-order valence-corrected chi connectivity index (χ2v) is 5.36. The van der Waals surface area contributed by atoms with Crippen LogP contribution in [0.3, 0.4) is 0 Å². The van der Waals surface area contributed by atoms with Gasteiger partial charge in [0.15, 0.2) is 0 Å². The Morgan fingerprint density at radius 2 is 1.83 bits per heavy atom. The minimum atomic E-state index is -5.45. The van der Waals surface area contributed by atoms with Crippen LogP contribution < -0.4 is 5.56 Å². The van der Waals surface area contributed by atoms with Crippen LogP contribution in [-0.2, 0) is 15.1 Å². The van der Waals surface area contributed by atoms with E-state index in [2.05, 4.69) is 9.84 Å². The number of benzene rings is 1. The van der Waals surface area contributed by atoms with Crippen LogP contribution in [0.2, 0.25) is 5.02 Å². The van der Waals surface area contributed by atoms with Crippen molar-refractivity contribution in [1.29, 1.82) is 0 Å². The van der Waals surface area contributed by atoms with Crippen LogP contribution in [-0.4, -0.2) is 34.1 Å². The third-order valence-corrected chi connectivity index (χ3v) is 3.66. The van der Waals surface area contributed by atoms with Crippen LogP contribution in [0.25, 0.3) is 5.69 Å². The van der Waals surface area contributed by atoms with E-state index in [1.54, 1.807) is 0 Å². The Balaban J connectivity index is 2.73. The Bertz CT molecular complexity index is 826. The number of nitrogens with zero attached hydrogens (tertiary/aromatic N) is 1. The fourth-order valence-electron chi connectivity index (χ4n) is 2.25. The number of aliphatic hydroxyl groups is 1. The quantitative estimate of drug-likeness (QED) is 0.816. The van der Waals surface area contributed by atoms with E-state index in [0.29, 0.717) is 12.1 Å². The number of aromatic amines is 1. The summed E-state index contributed by atoms with van der Waals surface area (Å²) in [5.74, 6) is -2.00. The van der Waals surface area contributed by atoms with Gasteiger partial charge >= 0.3 is 12.1 Å². The Kier molecular flexibility index (Phi) is 4.51. The number of ether oxygens (including phenoxy) is 1. The molecule has 24 heavy (non-hydrogen) atoms. The number of carbonyl (C=O) groups excluding carboxylic acids is 1. The first-order valence-corrected chi connectivity index (χ1v) is 6.87. The molecule has 1 atom stereocenters. The molecule has 0 spiro atoms. The molecular formula is C14H12ClF3N2O4. The van der Waals surface area contributed by atoms with Gasteiger partial charge in [-0.3, -0.25) is 9.89 Å². The molecule has 2 rings (SSSR count). The number of hydrogen-bond acceptors (Lipinski definition) is 4. The van der Waals surface area contributed by atoms with E-state index >= 15 is 0 Å². The summed E-state index contributed by atoms with van der Waals surface area (Å²) in [4.78, 5) is 24.0. The van der Waals surface area contributed by atoms with E-state index in [1.165, 1.54) is 24.3 Å². The van der Waals surface area contributed by atoms with Gasteiger partial charge in [0.1, 0.15) is 0 Å². The number of aryl methyl sites for hydroxylation is 1. The van der Waals surface area contributed by atoms with Gasteiger partial charge in [-0.2, -0.15) is 13.2 Å². The van der Waals surface area contributed by atoms with Crippen molar-refractivity contribution in [3.63, 3.8) is 0 Å². The first-order chi connectivity index (χ1) is 11.0. The maximum Gasteiger partial charge on any atom is 0.432 e. The smallest absolute Gasteiger partial charge is 0.432 e. The number of hydrogen-bond donors (Lipinski definition) is 2. The molecule has 0 aliphatic rings. The molecule has 130 valence electrons. The van der Waals surface area contributed by atoms with Crippen molar-refractivity contribution in [3.8, 4) is 5.69 Å². The van der Waals surface area contributed by atoms with Gasteiger partial charge in [0.2, 0.25) is 0 Å². The number of alkyl halides is 3. The number of rotatable bonds is 3. The highest BCUT2D eigenvalue weighted by molar-refractivity contribution is 6.30. The molecule has 1 heterocycles. The number of esters is 1. The number of nitrogens with one attached hydrogen (secondary N) is 1.